The number of hydrogen-bond donors (Lipinski definition) is 2. The number of carbonyl (C=O) groups is 1. The minimum atomic E-state index is -0.485. The van der Waals surface area contributed by atoms with Crippen molar-refractivity contribution >= 4 is 23.2 Å². The summed E-state index contributed by atoms with van der Waals surface area (Å²) in [5, 5.41) is 13.5. The van der Waals surface area contributed by atoms with E-state index in [4.69, 9.17) is 11.6 Å². The van der Waals surface area contributed by atoms with E-state index in [1.807, 2.05) is 37.8 Å². The largest absolute Gasteiger partial charge is 0.391 e. The molecule has 0 saturated carbocycles. The molecule has 0 bridgehead atoms. The van der Waals surface area contributed by atoms with Crippen LogP contribution < -0.4 is 10.2 Å². The van der Waals surface area contributed by atoms with Crippen LogP contribution in [0, 0.1) is 0 Å². The maximum absolute atomic E-state index is 12.4. The van der Waals surface area contributed by atoms with Gasteiger partial charge in [-0.2, -0.15) is 0 Å². The molecule has 0 radical (unpaired) electrons. The molecule has 20 heavy (non-hydrogen) atoms. The van der Waals surface area contributed by atoms with E-state index in [1.54, 1.807) is 12.1 Å². The highest BCUT2D eigenvalue weighted by atomic mass is 35.5. The summed E-state index contributed by atoms with van der Waals surface area (Å²) in [5.74, 6) is -0.0519. The van der Waals surface area contributed by atoms with Gasteiger partial charge in [-0.15, -0.1) is 0 Å². The molecule has 1 fully saturated rings. The average molecular weight is 297 g/mol. The average Bonchev–Trinajstić information content (AvgIpc) is 2.70. The smallest absolute Gasteiger partial charge is 0.243 e. The third-order valence-electron chi connectivity index (χ3n) is 3.24. The van der Waals surface area contributed by atoms with Crippen LogP contribution in [-0.4, -0.2) is 35.2 Å². The Labute approximate surface area is 124 Å². The van der Waals surface area contributed by atoms with Crippen molar-refractivity contribution in [2.24, 2.45) is 0 Å². The lowest BCUT2D eigenvalue weighted by molar-refractivity contribution is -0.123. The number of β-amino-alcohol motifs (C(OH)–C–C–N with tert-alkyl or cyclic N) is 1. The Morgan fingerprint density at radius 2 is 1.95 bits per heavy atom. The van der Waals surface area contributed by atoms with E-state index in [9.17, 15) is 9.90 Å². The summed E-state index contributed by atoms with van der Waals surface area (Å²) < 4.78 is 0. The molecular weight excluding hydrogens is 276 g/mol. The minimum Gasteiger partial charge on any atom is -0.391 e. The van der Waals surface area contributed by atoms with Crippen LogP contribution in [0.4, 0.5) is 5.69 Å². The third kappa shape index (κ3) is 3.64. The second-order valence-corrected chi connectivity index (χ2v) is 6.71. The quantitative estimate of drug-likeness (QED) is 0.880. The van der Waals surface area contributed by atoms with Crippen molar-refractivity contribution in [3.05, 3.63) is 29.3 Å². The molecule has 0 aliphatic carbocycles. The predicted molar refractivity (Wildman–Crippen MR) is 81.1 cm³/mol. The van der Waals surface area contributed by atoms with E-state index in [2.05, 4.69) is 5.32 Å². The summed E-state index contributed by atoms with van der Waals surface area (Å²) in [6, 6.07) is 6.99. The maximum Gasteiger partial charge on any atom is 0.243 e. The van der Waals surface area contributed by atoms with E-state index in [0.29, 0.717) is 18.0 Å². The van der Waals surface area contributed by atoms with Crippen LogP contribution in [-0.2, 0) is 4.79 Å². The van der Waals surface area contributed by atoms with Gasteiger partial charge in [-0.05, 0) is 45.0 Å². The highest BCUT2D eigenvalue weighted by Gasteiger charge is 2.37. The standard InChI is InChI=1S/C15H21ClN2O2/c1-15(2,3)17-14(20)13-8-12(19)9-18(13)11-6-4-10(16)5-7-11/h4-7,12-13,19H,8-9H2,1-3H3,(H,17,20)/t12-,13-/m0/s1. The molecule has 0 aromatic heterocycles. The Bertz CT molecular complexity index is 482. The van der Waals surface area contributed by atoms with Gasteiger partial charge in [0.15, 0.2) is 0 Å². The number of aliphatic hydroxyl groups excluding tert-OH is 1. The predicted octanol–water partition coefficient (Wildman–Crippen LogP) is 2.19. The molecular formula is C15H21ClN2O2. The molecule has 0 unspecified atom stereocenters. The van der Waals surface area contributed by atoms with Crippen LogP contribution in [0.15, 0.2) is 24.3 Å². The van der Waals surface area contributed by atoms with Gasteiger partial charge in [-0.1, -0.05) is 11.6 Å². The van der Waals surface area contributed by atoms with Gasteiger partial charge < -0.3 is 15.3 Å². The summed E-state index contributed by atoms with van der Waals surface area (Å²) >= 11 is 5.89. The number of nitrogens with one attached hydrogen (secondary N) is 1. The molecule has 2 N–H and O–H groups in total. The zero-order valence-electron chi connectivity index (χ0n) is 12.1. The Kier molecular flexibility index (Phi) is 4.25. The molecule has 1 heterocycles. The molecule has 1 aliphatic rings. The van der Waals surface area contributed by atoms with Crippen molar-refractivity contribution in [1.82, 2.24) is 5.32 Å². The van der Waals surface area contributed by atoms with Gasteiger partial charge in [0.2, 0.25) is 5.91 Å². The molecule has 5 heteroatoms. The number of carbonyl (C=O) groups excluding carboxylic acids is 1. The lowest BCUT2D eigenvalue weighted by Gasteiger charge is -2.29. The van der Waals surface area contributed by atoms with Crippen molar-refractivity contribution in [3.8, 4) is 0 Å². The summed E-state index contributed by atoms with van der Waals surface area (Å²) in [6.45, 7) is 6.30. The van der Waals surface area contributed by atoms with E-state index in [-0.39, 0.29) is 17.5 Å². The second-order valence-electron chi connectivity index (χ2n) is 6.27. The monoisotopic (exact) mass is 296 g/mol. The Hall–Kier alpha value is -1.26. The van der Waals surface area contributed by atoms with Crippen molar-refractivity contribution < 1.29 is 9.90 Å². The zero-order valence-corrected chi connectivity index (χ0v) is 12.8. The van der Waals surface area contributed by atoms with Gasteiger partial charge in [-0.25, -0.2) is 0 Å². The van der Waals surface area contributed by atoms with Gasteiger partial charge >= 0.3 is 0 Å². The number of amides is 1. The lowest BCUT2D eigenvalue weighted by Crippen LogP contribution is -2.50. The van der Waals surface area contributed by atoms with E-state index in [0.717, 1.165) is 5.69 Å². The molecule has 1 aliphatic heterocycles. The first-order valence-electron chi connectivity index (χ1n) is 6.78. The van der Waals surface area contributed by atoms with Crippen LogP contribution in [0.2, 0.25) is 5.02 Å². The lowest BCUT2D eigenvalue weighted by atomic mass is 10.1. The van der Waals surface area contributed by atoms with Gasteiger partial charge in [-0.3, -0.25) is 4.79 Å². The van der Waals surface area contributed by atoms with Crippen molar-refractivity contribution in [2.75, 3.05) is 11.4 Å². The molecule has 0 spiro atoms. The van der Waals surface area contributed by atoms with Crippen molar-refractivity contribution in [3.63, 3.8) is 0 Å². The summed E-state index contributed by atoms with van der Waals surface area (Å²) in [6.07, 6.45) is -0.0359. The number of halogens is 1. The first-order valence-corrected chi connectivity index (χ1v) is 7.16. The molecule has 1 saturated heterocycles. The Morgan fingerprint density at radius 3 is 2.50 bits per heavy atom. The Balaban J connectivity index is 2.18. The van der Waals surface area contributed by atoms with Gasteiger partial charge in [0, 0.05) is 29.2 Å². The first-order chi connectivity index (χ1) is 9.26. The molecule has 1 aromatic carbocycles. The van der Waals surface area contributed by atoms with Crippen LogP contribution in [0.25, 0.3) is 0 Å². The molecule has 1 aromatic rings. The third-order valence-corrected chi connectivity index (χ3v) is 3.49. The van der Waals surface area contributed by atoms with Crippen LogP contribution in [0.5, 0.6) is 0 Å². The number of hydrogen-bond acceptors (Lipinski definition) is 3. The normalized spacial score (nSPS) is 22.9. The number of nitrogens with zero attached hydrogens (tertiary/aromatic N) is 1. The fraction of sp³-hybridized carbons (Fsp3) is 0.533. The zero-order chi connectivity index (χ0) is 14.9. The summed E-state index contributed by atoms with van der Waals surface area (Å²) in [7, 11) is 0. The van der Waals surface area contributed by atoms with E-state index in [1.165, 1.54) is 0 Å². The molecule has 110 valence electrons. The minimum absolute atomic E-state index is 0.0519. The molecule has 4 nitrogen and oxygen atoms in total. The number of rotatable bonds is 2. The van der Waals surface area contributed by atoms with E-state index < -0.39 is 6.10 Å². The molecule has 2 rings (SSSR count). The van der Waals surface area contributed by atoms with Crippen LogP contribution in [0.1, 0.15) is 27.2 Å². The van der Waals surface area contributed by atoms with Crippen LogP contribution >= 0.6 is 11.6 Å². The second kappa shape index (κ2) is 5.62. The number of benzene rings is 1. The van der Waals surface area contributed by atoms with Crippen molar-refractivity contribution in [1.29, 1.82) is 0 Å². The molecule has 1 amide bonds. The fourth-order valence-electron chi connectivity index (χ4n) is 2.43. The Morgan fingerprint density at radius 1 is 1.35 bits per heavy atom. The van der Waals surface area contributed by atoms with Crippen LogP contribution in [0.3, 0.4) is 0 Å². The highest BCUT2D eigenvalue weighted by molar-refractivity contribution is 6.30. The number of anilines is 1. The van der Waals surface area contributed by atoms with Gasteiger partial charge in [0.25, 0.3) is 0 Å². The molecule has 2 atom stereocenters. The van der Waals surface area contributed by atoms with E-state index >= 15 is 0 Å². The van der Waals surface area contributed by atoms with Gasteiger partial charge in [0.1, 0.15) is 6.04 Å². The summed E-state index contributed by atoms with van der Waals surface area (Å²) in [4.78, 5) is 14.3. The maximum atomic E-state index is 12.4. The topological polar surface area (TPSA) is 52.6 Å². The van der Waals surface area contributed by atoms with Crippen molar-refractivity contribution in [2.45, 2.75) is 44.9 Å². The summed E-state index contributed by atoms with van der Waals surface area (Å²) in [5.41, 5.74) is 0.621. The SMILES string of the molecule is CC(C)(C)NC(=O)[C@@H]1C[C@H](O)CN1c1ccc(Cl)cc1. The fourth-order valence-corrected chi connectivity index (χ4v) is 2.56. The highest BCUT2D eigenvalue weighted by Crippen LogP contribution is 2.27. The van der Waals surface area contributed by atoms with Gasteiger partial charge in [0.05, 0.1) is 6.10 Å². The number of aliphatic hydroxyl groups is 1. The first kappa shape index (κ1) is 15.1.